The van der Waals surface area contributed by atoms with E-state index in [2.05, 4.69) is 10.5 Å². The van der Waals surface area contributed by atoms with Crippen LogP contribution in [-0.4, -0.2) is 24.3 Å². The van der Waals surface area contributed by atoms with Crippen molar-refractivity contribution in [1.29, 1.82) is 5.26 Å². The van der Waals surface area contributed by atoms with Crippen LogP contribution in [0.25, 0.3) is 6.08 Å². The van der Waals surface area contributed by atoms with Crippen LogP contribution in [0.5, 0.6) is 11.5 Å². The number of carbonyl (C=O) groups is 1. The number of hydrogen-bond donors (Lipinski definition) is 1. The molecule has 164 valence electrons. The van der Waals surface area contributed by atoms with Crippen molar-refractivity contribution in [2.24, 2.45) is 0 Å². The van der Waals surface area contributed by atoms with Crippen molar-refractivity contribution < 1.29 is 18.8 Å². The Balaban J connectivity index is 1.60. The molecule has 0 aliphatic heterocycles. The minimum Gasteiger partial charge on any atom is -0.489 e. The van der Waals surface area contributed by atoms with Gasteiger partial charge in [-0.2, -0.15) is 5.26 Å². The third-order valence-corrected chi connectivity index (χ3v) is 4.79. The number of para-hydroxylation sites is 1. The van der Waals surface area contributed by atoms with Gasteiger partial charge in [0.25, 0.3) is 5.91 Å². The van der Waals surface area contributed by atoms with E-state index >= 15 is 0 Å². The number of carbonyl (C=O) groups excluding carboxylic acids is 1. The molecule has 7 nitrogen and oxygen atoms in total. The van der Waals surface area contributed by atoms with Crippen molar-refractivity contribution in [1.82, 2.24) is 5.16 Å². The largest absolute Gasteiger partial charge is 0.489 e. The Morgan fingerprint density at radius 3 is 2.50 bits per heavy atom. The molecule has 1 aromatic heterocycles. The number of nitriles is 1. The van der Waals surface area contributed by atoms with Crippen LogP contribution in [-0.2, 0) is 4.79 Å². The molecule has 1 amide bonds. The summed E-state index contributed by atoms with van der Waals surface area (Å²) in [6, 6.07) is 14.4. The van der Waals surface area contributed by atoms with E-state index in [1.165, 1.54) is 6.08 Å². The fourth-order valence-corrected chi connectivity index (χ4v) is 3.21. The number of nitrogens with zero attached hydrogens (tertiary/aromatic N) is 2. The van der Waals surface area contributed by atoms with Crippen LogP contribution in [0.3, 0.4) is 0 Å². The number of anilines is 1. The fourth-order valence-electron chi connectivity index (χ4n) is 2.97. The third kappa shape index (κ3) is 5.90. The van der Waals surface area contributed by atoms with Gasteiger partial charge in [-0.1, -0.05) is 41.0 Å². The van der Waals surface area contributed by atoms with Crippen molar-refractivity contribution in [2.45, 2.75) is 20.8 Å². The minimum absolute atomic E-state index is 0.0996. The Morgan fingerprint density at radius 2 is 1.88 bits per heavy atom. The maximum atomic E-state index is 12.3. The monoisotopic (exact) mass is 451 g/mol. The molecule has 1 N–H and O–H groups in total. The summed E-state index contributed by atoms with van der Waals surface area (Å²) in [6.45, 7) is 6.37. The van der Waals surface area contributed by atoms with E-state index in [-0.39, 0.29) is 11.4 Å². The number of aryl methyl sites for hydroxylation is 3. The SMILES string of the molecule is Cc1cc(NC(=O)C(C#N)=Cc2ccc(OCCOc3c(C)cccc3C)c(Cl)c2)no1. The predicted molar refractivity (Wildman–Crippen MR) is 122 cm³/mol. The highest BCUT2D eigenvalue weighted by atomic mass is 35.5. The van der Waals surface area contributed by atoms with E-state index in [1.54, 1.807) is 31.2 Å². The number of aromatic nitrogens is 1. The Hall–Kier alpha value is -3.76. The van der Waals surface area contributed by atoms with E-state index in [1.807, 2.05) is 38.1 Å². The molecule has 3 aromatic rings. The summed E-state index contributed by atoms with van der Waals surface area (Å²) in [5.41, 5.74) is 2.61. The van der Waals surface area contributed by atoms with Crippen LogP contribution in [0.4, 0.5) is 5.82 Å². The lowest BCUT2D eigenvalue weighted by atomic mass is 10.1. The molecule has 0 bridgehead atoms. The number of amides is 1. The highest BCUT2D eigenvalue weighted by Gasteiger charge is 2.12. The highest BCUT2D eigenvalue weighted by Crippen LogP contribution is 2.27. The van der Waals surface area contributed by atoms with Gasteiger partial charge in [-0.05, 0) is 55.7 Å². The Kier molecular flexibility index (Phi) is 7.53. The zero-order valence-electron chi connectivity index (χ0n) is 17.9. The van der Waals surface area contributed by atoms with E-state index in [4.69, 9.17) is 25.6 Å². The lowest BCUT2D eigenvalue weighted by Gasteiger charge is -2.13. The van der Waals surface area contributed by atoms with Crippen LogP contribution in [0.15, 0.2) is 52.6 Å². The summed E-state index contributed by atoms with van der Waals surface area (Å²) in [5, 5.41) is 15.9. The smallest absolute Gasteiger partial charge is 0.267 e. The second kappa shape index (κ2) is 10.5. The van der Waals surface area contributed by atoms with Gasteiger partial charge in [0.2, 0.25) is 0 Å². The molecule has 32 heavy (non-hydrogen) atoms. The zero-order chi connectivity index (χ0) is 23.1. The average Bonchev–Trinajstić information content (AvgIpc) is 3.16. The molecule has 0 fully saturated rings. The summed E-state index contributed by atoms with van der Waals surface area (Å²) in [7, 11) is 0. The van der Waals surface area contributed by atoms with Crippen LogP contribution in [0.2, 0.25) is 5.02 Å². The number of benzene rings is 2. The van der Waals surface area contributed by atoms with Crippen LogP contribution in [0.1, 0.15) is 22.5 Å². The molecule has 8 heteroatoms. The van der Waals surface area contributed by atoms with E-state index in [0.29, 0.717) is 35.3 Å². The molecule has 0 radical (unpaired) electrons. The van der Waals surface area contributed by atoms with Crippen molar-refractivity contribution in [3.63, 3.8) is 0 Å². The second-order valence-electron chi connectivity index (χ2n) is 7.05. The summed E-state index contributed by atoms with van der Waals surface area (Å²) < 4.78 is 16.4. The lowest BCUT2D eigenvalue weighted by molar-refractivity contribution is -0.112. The van der Waals surface area contributed by atoms with Gasteiger partial charge in [0.05, 0.1) is 5.02 Å². The first-order valence-electron chi connectivity index (χ1n) is 9.85. The van der Waals surface area contributed by atoms with Gasteiger partial charge < -0.3 is 19.3 Å². The highest BCUT2D eigenvalue weighted by molar-refractivity contribution is 6.32. The predicted octanol–water partition coefficient (Wildman–Crippen LogP) is 5.26. The first-order chi connectivity index (χ1) is 15.4. The zero-order valence-corrected chi connectivity index (χ0v) is 18.7. The van der Waals surface area contributed by atoms with Gasteiger partial charge in [0.15, 0.2) is 5.82 Å². The number of halogens is 1. The number of nitrogens with one attached hydrogen (secondary N) is 1. The number of ether oxygens (including phenoxy) is 2. The van der Waals surface area contributed by atoms with Gasteiger partial charge in [0.1, 0.15) is 42.1 Å². The summed E-state index contributed by atoms with van der Waals surface area (Å²) >= 11 is 6.31. The van der Waals surface area contributed by atoms with Gasteiger partial charge in [0, 0.05) is 6.07 Å². The number of rotatable bonds is 8. The molecule has 0 spiro atoms. The first-order valence-corrected chi connectivity index (χ1v) is 10.2. The second-order valence-corrected chi connectivity index (χ2v) is 7.46. The van der Waals surface area contributed by atoms with Gasteiger partial charge >= 0.3 is 0 Å². The molecular weight excluding hydrogens is 430 g/mol. The van der Waals surface area contributed by atoms with Gasteiger partial charge in [-0.3, -0.25) is 4.79 Å². The number of hydrogen-bond acceptors (Lipinski definition) is 6. The molecule has 0 saturated carbocycles. The maximum absolute atomic E-state index is 12.3. The normalized spacial score (nSPS) is 11.0. The Morgan fingerprint density at radius 1 is 1.16 bits per heavy atom. The van der Waals surface area contributed by atoms with Crippen molar-refractivity contribution in [2.75, 3.05) is 18.5 Å². The van der Waals surface area contributed by atoms with Crippen LogP contribution in [0, 0.1) is 32.1 Å². The van der Waals surface area contributed by atoms with Gasteiger partial charge in [-0.15, -0.1) is 0 Å². The van der Waals surface area contributed by atoms with E-state index < -0.39 is 5.91 Å². The molecule has 0 aliphatic rings. The summed E-state index contributed by atoms with van der Waals surface area (Å²) in [4.78, 5) is 12.3. The van der Waals surface area contributed by atoms with Crippen molar-refractivity contribution >= 4 is 29.4 Å². The fraction of sp³-hybridized carbons (Fsp3) is 0.208. The molecule has 0 aliphatic carbocycles. The molecular formula is C24H22ClN3O4. The first kappa shape index (κ1) is 22.9. The van der Waals surface area contributed by atoms with Crippen LogP contribution >= 0.6 is 11.6 Å². The Labute approximate surface area is 191 Å². The Bertz CT molecular complexity index is 1170. The maximum Gasteiger partial charge on any atom is 0.267 e. The minimum atomic E-state index is -0.596. The molecule has 2 aromatic carbocycles. The van der Waals surface area contributed by atoms with Crippen molar-refractivity contribution in [3.05, 3.63) is 75.5 Å². The summed E-state index contributed by atoms with van der Waals surface area (Å²) in [5.74, 6) is 1.52. The van der Waals surface area contributed by atoms with Crippen molar-refractivity contribution in [3.8, 4) is 17.6 Å². The summed E-state index contributed by atoms with van der Waals surface area (Å²) in [6.07, 6.45) is 1.43. The average molecular weight is 452 g/mol. The molecule has 0 unspecified atom stereocenters. The molecule has 0 saturated heterocycles. The third-order valence-electron chi connectivity index (χ3n) is 4.50. The molecule has 0 atom stereocenters. The standard InChI is InChI=1S/C24H22ClN3O4/c1-15-5-4-6-16(2)23(15)31-10-9-30-21-8-7-18(13-20(21)25)12-19(14-26)24(29)27-22-11-17(3)32-28-22/h4-8,11-13H,9-10H2,1-3H3,(H,27,28,29). The molecule has 3 rings (SSSR count). The molecule has 1 heterocycles. The topological polar surface area (TPSA) is 97.4 Å². The van der Waals surface area contributed by atoms with Gasteiger partial charge in [-0.25, -0.2) is 0 Å². The van der Waals surface area contributed by atoms with E-state index in [0.717, 1.165) is 16.9 Å². The van der Waals surface area contributed by atoms with Crippen LogP contribution < -0.4 is 14.8 Å². The van der Waals surface area contributed by atoms with E-state index in [9.17, 15) is 10.1 Å². The quantitative estimate of drug-likeness (QED) is 0.285. The lowest BCUT2D eigenvalue weighted by Crippen LogP contribution is -2.13.